The van der Waals surface area contributed by atoms with Crippen LogP contribution >= 0.6 is 0 Å². The van der Waals surface area contributed by atoms with E-state index in [-0.39, 0.29) is 18.9 Å². The second-order valence-electron chi connectivity index (χ2n) is 2.87. The van der Waals surface area contributed by atoms with Crippen LogP contribution in [0.2, 0.25) is 0 Å². The minimum absolute atomic E-state index is 0.0151. The van der Waals surface area contributed by atoms with Crippen LogP contribution in [0.4, 0.5) is 4.79 Å². The van der Waals surface area contributed by atoms with E-state index in [2.05, 4.69) is 0 Å². The second-order valence-corrected chi connectivity index (χ2v) is 2.87. The lowest BCUT2D eigenvalue weighted by molar-refractivity contribution is -0.124. The van der Waals surface area contributed by atoms with Crippen LogP contribution < -0.4 is 11.1 Å². The molecule has 7 nitrogen and oxygen atoms in total. The highest BCUT2D eigenvalue weighted by molar-refractivity contribution is 6.09. The molecule has 0 bridgehead atoms. The fraction of sp³-hybridized carbons (Fsp3) is 0.429. The van der Waals surface area contributed by atoms with Gasteiger partial charge in [0.2, 0.25) is 5.91 Å². The van der Waals surface area contributed by atoms with Crippen molar-refractivity contribution in [1.82, 2.24) is 10.2 Å². The third-order valence-corrected chi connectivity index (χ3v) is 1.91. The standard InChI is InChI=1S/C7H10N4O3/c8-5(9)4-3-11(1-2-12)7(14)10-6(4)13/h2,4H,1,3H2,(H3,8,9)(H,10,13,14)/t4-/m1/s1. The topological polar surface area (TPSA) is 116 Å². The van der Waals surface area contributed by atoms with E-state index in [4.69, 9.17) is 11.1 Å². The van der Waals surface area contributed by atoms with E-state index >= 15 is 0 Å². The monoisotopic (exact) mass is 198 g/mol. The van der Waals surface area contributed by atoms with Gasteiger partial charge in [-0.25, -0.2) is 4.79 Å². The number of carbonyl (C=O) groups is 3. The molecule has 1 atom stereocenters. The summed E-state index contributed by atoms with van der Waals surface area (Å²) in [4.78, 5) is 33.5. The first-order valence-corrected chi connectivity index (χ1v) is 3.93. The molecule has 76 valence electrons. The van der Waals surface area contributed by atoms with Crippen LogP contribution in [0, 0.1) is 11.3 Å². The van der Waals surface area contributed by atoms with E-state index in [0.717, 1.165) is 4.90 Å². The molecule has 0 aliphatic carbocycles. The van der Waals surface area contributed by atoms with Crippen molar-refractivity contribution in [2.24, 2.45) is 11.7 Å². The molecule has 0 aromatic heterocycles. The molecule has 7 heteroatoms. The maximum atomic E-state index is 11.1. The molecule has 1 fully saturated rings. The maximum Gasteiger partial charge on any atom is 0.324 e. The van der Waals surface area contributed by atoms with E-state index in [9.17, 15) is 14.4 Å². The molecule has 0 saturated carbocycles. The molecule has 1 rings (SSSR count). The van der Waals surface area contributed by atoms with Crippen molar-refractivity contribution in [2.45, 2.75) is 0 Å². The van der Waals surface area contributed by atoms with Gasteiger partial charge in [0.15, 0.2) is 0 Å². The highest BCUT2D eigenvalue weighted by Gasteiger charge is 2.33. The number of imide groups is 1. The minimum atomic E-state index is -0.854. The number of amides is 3. The molecule has 0 aromatic rings. The number of amidine groups is 1. The number of aldehydes is 1. The Kier molecular flexibility index (Phi) is 2.80. The van der Waals surface area contributed by atoms with Gasteiger partial charge in [0.05, 0.1) is 6.54 Å². The molecule has 4 N–H and O–H groups in total. The summed E-state index contributed by atoms with van der Waals surface area (Å²) < 4.78 is 0. The van der Waals surface area contributed by atoms with Crippen molar-refractivity contribution >= 4 is 24.1 Å². The van der Waals surface area contributed by atoms with E-state index in [1.807, 2.05) is 5.32 Å². The molecule has 1 aliphatic heterocycles. The number of rotatable bonds is 3. The van der Waals surface area contributed by atoms with Crippen LogP contribution in [0.5, 0.6) is 0 Å². The van der Waals surface area contributed by atoms with Crippen LogP contribution in [-0.2, 0) is 9.59 Å². The molecule has 1 heterocycles. The predicted molar refractivity (Wildman–Crippen MR) is 46.6 cm³/mol. The Hall–Kier alpha value is -1.92. The molecule has 0 unspecified atom stereocenters. The average Bonchev–Trinajstić information content (AvgIpc) is 2.09. The summed E-state index contributed by atoms with van der Waals surface area (Å²) in [6.07, 6.45) is 0.548. The molecular weight excluding hydrogens is 188 g/mol. The largest absolute Gasteiger partial charge is 0.387 e. The summed E-state index contributed by atoms with van der Waals surface area (Å²) in [6.45, 7) is -0.123. The smallest absolute Gasteiger partial charge is 0.324 e. The van der Waals surface area contributed by atoms with Gasteiger partial charge in [-0.2, -0.15) is 0 Å². The summed E-state index contributed by atoms with van der Waals surface area (Å²) in [5.74, 6) is -1.76. The van der Waals surface area contributed by atoms with Crippen molar-refractivity contribution < 1.29 is 14.4 Å². The summed E-state index contributed by atoms with van der Waals surface area (Å²) in [7, 11) is 0. The Bertz CT molecular complexity index is 301. The summed E-state index contributed by atoms with van der Waals surface area (Å²) >= 11 is 0. The Morgan fingerprint density at radius 3 is 2.86 bits per heavy atom. The number of urea groups is 1. The highest BCUT2D eigenvalue weighted by atomic mass is 16.2. The average molecular weight is 198 g/mol. The van der Waals surface area contributed by atoms with Crippen molar-refractivity contribution in [3.8, 4) is 0 Å². The maximum absolute atomic E-state index is 11.1. The number of nitrogens with zero attached hydrogens (tertiary/aromatic N) is 1. The van der Waals surface area contributed by atoms with Gasteiger partial charge < -0.3 is 15.4 Å². The lowest BCUT2D eigenvalue weighted by atomic mass is 10.1. The zero-order valence-corrected chi connectivity index (χ0v) is 7.32. The molecule has 0 spiro atoms. The number of hydrogen-bond acceptors (Lipinski definition) is 4. The van der Waals surface area contributed by atoms with Gasteiger partial charge in [0, 0.05) is 6.54 Å². The van der Waals surface area contributed by atoms with Crippen molar-refractivity contribution in [3.05, 3.63) is 0 Å². The number of nitrogens with one attached hydrogen (secondary N) is 2. The molecule has 3 amide bonds. The van der Waals surface area contributed by atoms with Crippen LogP contribution in [-0.4, -0.2) is 42.0 Å². The fourth-order valence-electron chi connectivity index (χ4n) is 1.14. The van der Waals surface area contributed by atoms with E-state index in [1.165, 1.54) is 0 Å². The first-order chi connectivity index (χ1) is 6.56. The number of nitrogens with two attached hydrogens (primary N) is 1. The first-order valence-electron chi connectivity index (χ1n) is 3.93. The molecule has 0 radical (unpaired) electrons. The summed E-state index contributed by atoms with van der Waals surface area (Å²) in [6, 6.07) is -0.625. The summed E-state index contributed by atoms with van der Waals surface area (Å²) in [5.41, 5.74) is 5.16. The predicted octanol–water partition coefficient (Wildman–Crippen LogP) is -1.71. The highest BCUT2D eigenvalue weighted by Crippen LogP contribution is 2.06. The minimum Gasteiger partial charge on any atom is -0.387 e. The van der Waals surface area contributed by atoms with E-state index in [1.54, 1.807) is 0 Å². The van der Waals surface area contributed by atoms with Gasteiger partial charge in [0.1, 0.15) is 18.0 Å². The lowest BCUT2D eigenvalue weighted by Gasteiger charge is -2.29. The Labute approximate surface area is 79.7 Å². The zero-order valence-electron chi connectivity index (χ0n) is 7.32. The van der Waals surface area contributed by atoms with Crippen LogP contribution in [0.1, 0.15) is 0 Å². The van der Waals surface area contributed by atoms with Crippen molar-refractivity contribution in [1.29, 1.82) is 5.41 Å². The third-order valence-electron chi connectivity index (χ3n) is 1.91. The fourth-order valence-corrected chi connectivity index (χ4v) is 1.14. The normalized spacial score (nSPS) is 21.7. The molecule has 1 saturated heterocycles. The van der Waals surface area contributed by atoms with Crippen LogP contribution in [0.25, 0.3) is 0 Å². The quantitative estimate of drug-likeness (QED) is 0.284. The molecular formula is C7H10N4O3. The van der Waals surface area contributed by atoms with Gasteiger partial charge in [0.25, 0.3) is 0 Å². The van der Waals surface area contributed by atoms with Crippen LogP contribution in [0.3, 0.4) is 0 Å². The van der Waals surface area contributed by atoms with Gasteiger partial charge in [-0.15, -0.1) is 0 Å². The molecule has 0 aromatic carbocycles. The van der Waals surface area contributed by atoms with E-state index in [0.29, 0.717) is 6.29 Å². The number of carbonyl (C=O) groups excluding carboxylic acids is 3. The summed E-state index contributed by atoms with van der Waals surface area (Å²) in [5, 5.41) is 9.11. The SMILES string of the molecule is N=C(N)[C@H]1CN(CC=O)C(=O)NC1=O. The van der Waals surface area contributed by atoms with Crippen molar-refractivity contribution in [2.75, 3.05) is 13.1 Å². The lowest BCUT2D eigenvalue weighted by Crippen LogP contribution is -2.57. The second kappa shape index (κ2) is 3.86. The van der Waals surface area contributed by atoms with Gasteiger partial charge in [-0.3, -0.25) is 15.5 Å². The Morgan fingerprint density at radius 2 is 2.36 bits per heavy atom. The number of hydrogen-bond donors (Lipinski definition) is 3. The van der Waals surface area contributed by atoms with Gasteiger partial charge >= 0.3 is 6.03 Å². The Morgan fingerprint density at radius 1 is 1.71 bits per heavy atom. The van der Waals surface area contributed by atoms with Gasteiger partial charge in [-0.05, 0) is 0 Å². The van der Waals surface area contributed by atoms with Crippen LogP contribution in [0.15, 0.2) is 0 Å². The van der Waals surface area contributed by atoms with E-state index < -0.39 is 17.9 Å². The third kappa shape index (κ3) is 1.87. The molecule has 1 aliphatic rings. The zero-order chi connectivity index (χ0) is 10.7. The van der Waals surface area contributed by atoms with Gasteiger partial charge in [-0.1, -0.05) is 0 Å². The Balaban J connectivity index is 2.74. The van der Waals surface area contributed by atoms with Crippen molar-refractivity contribution in [3.63, 3.8) is 0 Å². The first kappa shape index (κ1) is 10.2. The molecule has 14 heavy (non-hydrogen) atoms.